The van der Waals surface area contributed by atoms with Crippen molar-refractivity contribution in [1.29, 1.82) is 0 Å². The average molecular weight is 466 g/mol. The van der Waals surface area contributed by atoms with E-state index in [4.69, 9.17) is 14.2 Å². The van der Waals surface area contributed by atoms with Crippen molar-refractivity contribution < 1.29 is 28.9 Å². The van der Waals surface area contributed by atoms with Crippen LogP contribution >= 0.6 is 0 Å². The van der Waals surface area contributed by atoms with E-state index in [-0.39, 0.29) is 25.2 Å². The fourth-order valence-electron chi connectivity index (χ4n) is 7.36. The van der Waals surface area contributed by atoms with Crippen LogP contribution in [0.1, 0.15) is 65.8 Å². The molecule has 1 aromatic carbocycles. The molecular weight excluding hydrogens is 434 g/mol. The number of nitrogens with zero attached hydrogens (tertiary/aromatic N) is 1. The van der Waals surface area contributed by atoms with Crippen molar-refractivity contribution in [2.75, 3.05) is 13.4 Å². The van der Waals surface area contributed by atoms with Gasteiger partial charge in [0, 0.05) is 23.5 Å². The summed E-state index contributed by atoms with van der Waals surface area (Å²) in [6, 6.07) is 7.73. The molecule has 0 saturated heterocycles. The van der Waals surface area contributed by atoms with Crippen molar-refractivity contribution in [1.82, 2.24) is 4.57 Å². The molecular formula is C27H31NO6. The Bertz CT molecular complexity index is 1170. The number of aliphatic hydroxyl groups is 1. The zero-order valence-corrected chi connectivity index (χ0v) is 19.8. The number of carbonyl (C=O) groups excluding carboxylic acids is 2. The number of aromatic nitrogens is 1. The van der Waals surface area contributed by atoms with Crippen LogP contribution in [0.15, 0.2) is 24.3 Å². The van der Waals surface area contributed by atoms with Crippen molar-refractivity contribution in [3.05, 3.63) is 46.8 Å². The summed E-state index contributed by atoms with van der Waals surface area (Å²) in [5.74, 6) is 1.77. The van der Waals surface area contributed by atoms with E-state index in [9.17, 15) is 14.7 Å². The first-order valence-corrected chi connectivity index (χ1v) is 12.2. The molecule has 7 nitrogen and oxygen atoms in total. The van der Waals surface area contributed by atoms with Crippen LogP contribution in [0, 0.1) is 31.1 Å². The third kappa shape index (κ3) is 3.52. The molecule has 0 amide bonds. The van der Waals surface area contributed by atoms with Gasteiger partial charge in [0.1, 0.15) is 0 Å². The second kappa shape index (κ2) is 7.60. The molecule has 1 aliphatic heterocycles. The van der Waals surface area contributed by atoms with E-state index >= 15 is 0 Å². The molecule has 1 N–H and O–H groups in total. The summed E-state index contributed by atoms with van der Waals surface area (Å²) in [6.07, 6.45) is 4.74. The third-order valence-electron chi connectivity index (χ3n) is 8.45. The van der Waals surface area contributed by atoms with Crippen molar-refractivity contribution in [2.45, 2.75) is 64.5 Å². The van der Waals surface area contributed by atoms with Crippen LogP contribution in [-0.2, 0) is 16.1 Å². The molecule has 180 valence electrons. The molecule has 7 rings (SSSR count). The number of benzene rings is 1. The normalized spacial score (nSPS) is 30.6. The highest BCUT2D eigenvalue weighted by molar-refractivity contribution is 5.99. The fraction of sp³-hybridized carbons (Fsp3) is 0.556. The number of esters is 1. The molecule has 0 radical (unpaired) electrons. The van der Waals surface area contributed by atoms with Gasteiger partial charge < -0.3 is 23.9 Å². The van der Waals surface area contributed by atoms with Crippen LogP contribution in [-0.4, -0.2) is 40.4 Å². The van der Waals surface area contributed by atoms with Gasteiger partial charge in [-0.3, -0.25) is 9.59 Å². The number of ketones is 1. The zero-order chi connectivity index (χ0) is 23.7. The summed E-state index contributed by atoms with van der Waals surface area (Å²) in [6.45, 7) is 4.47. The number of fused-ring (bicyclic) bond motifs is 1. The predicted molar refractivity (Wildman–Crippen MR) is 123 cm³/mol. The Labute approximate surface area is 199 Å². The van der Waals surface area contributed by atoms with E-state index in [0.717, 1.165) is 60.6 Å². The first-order valence-electron chi connectivity index (χ1n) is 12.2. The number of rotatable bonds is 6. The van der Waals surface area contributed by atoms with Crippen LogP contribution < -0.4 is 9.47 Å². The summed E-state index contributed by atoms with van der Waals surface area (Å²) in [7, 11) is 0. The molecule has 4 saturated carbocycles. The van der Waals surface area contributed by atoms with Crippen LogP contribution in [0.2, 0.25) is 0 Å². The van der Waals surface area contributed by atoms with Crippen LogP contribution in [0.3, 0.4) is 0 Å². The Hall–Kier alpha value is -2.80. The summed E-state index contributed by atoms with van der Waals surface area (Å²) in [5.41, 5.74) is 2.10. The largest absolute Gasteiger partial charge is 0.457 e. The quantitative estimate of drug-likeness (QED) is 0.514. The molecule has 4 bridgehead atoms. The van der Waals surface area contributed by atoms with Gasteiger partial charge in [-0.15, -0.1) is 0 Å². The number of aryl methyl sites for hydroxylation is 1. The minimum Gasteiger partial charge on any atom is -0.457 e. The van der Waals surface area contributed by atoms with E-state index in [2.05, 4.69) is 4.57 Å². The average Bonchev–Trinajstić information content (AvgIpc) is 3.35. The van der Waals surface area contributed by atoms with Gasteiger partial charge in [0.05, 0.1) is 11.0 Å². The monoisotopic (exact) mass is 465 g/mol. The van der Waals surface area contributed by atoms with Gasteiger partial charge in [-0.25, -0.2) is 0 Å². The molecule has 4 fully saturated rings. The number of hydrogen-bond acceptors (Lipinski definition) is 6. The minimum absolute atomic E-state index is 0.193. The Kier molecular flexibility index (Phi) is 4.86. The lowest BCUT2D eigenvalue weighted by atomic mass is 9.48. The molecule has 5 aliphatic rings. The molecule has 2 aromatic rings. The molecule has 2 atom stereocenters. The molecule has 2 heterocycles. The smallest absolute Gasteiger partial charge is 0.312 e. The van der Waals surface area contributed by atoms with Crippen LogP contribution in [0.5, 0.6) is 11.5 Å². The molecule has 34 heavy (non-hydrogen) atoms. The second-order valence-corrected chi connectivity index (χ2v) is 11.0. The van der Waals surface area contributed by atoms with E-state index in [1.165, 1.54) is 0 Å². The van der Waals surface area contributed by atoms with Crippen LogP contribution in [0.4, 0.5) is 0 Å². The minimum atomic E-state index is -0.729. The second-order valence-electron chi connectivity index (χ2n) is 11.0. The summed E-state index contributed by atoms with van der Waals surface area (Å²) < 4.78 is 18.6. The highest BCUT2D eigenvalue weighted by Crippen LogP contribution is 2.62. The van der Waals surface area contributed by atoms with E-state index in [1.807, 2.05) is 38.1 Å². The molecule has 2 unspecified atom stereocenters. The van der Waals surface area contributed by atoms with Crippen molar-refractivity contribution >= 4 is 11.8 Å². The lowest BCUT2D eigenvalue weighted by Crippen LogP contribution is -2.58. The molecule has 0 spiro atoms. The van der Waals surface area contributed by atoms with Crippen molar-refractivity contribution in [2.24, 2.45) is 17.3 Å². The van der Waals surface area contributed by atoms with Gasteiger partial charge in [-0.05, 0) is 88.0 Å². The van der Waals surface area contributed by atoms with E-state index in [1.54, 1.807) is 0 Å². The van der Waals surface area contributed by atoms with Gasteiger partial charge in [0.2, 0.25) is 12.6 Å². The van der Waals surface area contributed by atoms with Gasteiger partial charge in [-0.1, -0.05) is 6.07 Å². The van der Waals surface area contributed by atoms with Gasteiger partial charge >= 0.3 is 5.97 Å². The summed E-state index contributed by atoms with van der Waals surface area (Å²) in [5, 5.41) is 10.9. The summed E-state index contributed by atoms with van der Waals surface area (Å²) in [4.78, 5) is 26.2. The first kappa shape index (κ1) is 21.7. The van der Waals surface area contributed by atoms with Crippen LogP contribution in [0.25, 0.3) is 0 Å². The van der Waals surface area contributed by atoms with Gasteiger partial charge in [0.25, 0.3) is 0 Å². The maximum absolute atomic E-state index is 13.2. The number of carbonyl (C=O) groups is 2. The van der Waals surface area contributed by atoms with Crippen molar-refractivity contribution in [3.63, 3.8) is 0 Å². The molecule has 7 heteroatoms. The Morgan fingerprint density at radius 1 is 1.09 bits per heavy atom. The maximum Gasteiger partial charge on any atom is 0.312 e. The molecule has 4 aliphatic carbocycles. The highest BCUT2D eigenvalue weighted by atomic mass is 16.7. The predicted octanol–water partition coefficient (Wildman–Crippen LogP) is 3.94. The Morgan fingerprint density at radius 3 is 2.56 bits per heavy atom. The number of Topliss-reactive ketones (excluding diaryl/α,β-unsaturated/α-hetero) is 1. The van der Waals surface area contributed by atoms with E-state index < -0.39 is 11.0 Å². The SMILES string of the molecule is Cc1cc(C(=O)COC(=O)C23CC4CC(CC(O)(C4)C2)C3)c(C)n1Cc1ccc2c(c1)OCO2. The highest BCUT2D eigenvalue weighted by Gasteiger charge is 2.60. The topological polar surface area (TPSA) is 87.0 Å². The first-order chi connectivity index (χ1) is 16.2. The van der Waals surface area contributed by atoms with Crippen molar-refractivity contribution in [3.8, 4) is 11.5 Å². The van der Waals surface area contributed by atoms with E-state index in [0.29, 0.717) is 30.4 Å². The Balaban J connectivity index is 1.14. The third-order valence-corrected chi connectivity index (χ3v) is 8.45. The lowest BCUT2D eigenvalue weighted by molar-refractivity contribution is -0.195. The number of hydrogen-bond donors (Lipinski definition) is 1. The fourth-order valence-corrected chi connectivity index (χ4v) is 7.36. The molecule has 1 aromatic heterocycles. The summed E-state index contributed by atoms with van der Waals surface area (Å²) >= 11 is 0. The van der Waals surface area contributed by atoms with Gasteiger partial charge in [-0.2, -0.15) is 0 Å². The van der Waals surface area contributed by atoms with Gasteiger partial charge in [0.15, 0.2) is 18.1 Å². The zero-order valence-electron chi connectivity index (χ0n) is 19.8. The maximum atomic E-state index is 13.2. The standard InChI is InChI=1S/C27H31NO6/c1-16-5-21(17(2)28(16)12-18-3-4-23-24(7-18)34-15-33-23)22(29)13-32-25(30)26-8-19-6-20(9-26)11-27(31,10-19)14-26/h3-5,7,19-20,31H,6,8-15H2,1-2H3. The lowest BCUT2D eigenvalue weighted by Gasteiger charge is -2.58. The Morgan fingerprint density at radius 2 is 1.82 bits per heavy atom. The number of ether oxygens (including phenoxy) is 3.